The van der Waals surface area contributed by atoms with E-state index in [2.05, 4.69) is 21.2 Å². The summed E-state index contributed by atoms with van der Waals surface area (Å²) >= 11 is 3.45. The van der Waals surface area contributed by atoms with Crippen molar-refractivity contribution in [3.8, 4) is 11.5 Å². The van der Waals surface area contributed by atoms with E-state index < -0.39 is 17.8 Å². The third-order valence-electron chi connectivity index (χ3n) is 4.67. The van der Waals surface area contributed by atoms with Gasteiger partial charge in [-0.1, -0.05) is 35.0 Å². The number of nitrogens with zero attached hydrogens (tertiary/aromatic N) is 1. The molecule has 0 saturated carbocycles. The molecule has 162 valence electrons. The SMILES string of the molecule is CCOc1cc(Br)c(/C=C2/C(=O)NC(=O)N(c3ccc(CC)cc3)C2=O)cc1OCC. The predicted molar refractivity (Wildman–Crippen MR) is 121 cm³/mol. The molecule has 1 aliphatic heterocycles. The Morgan fingerprint density at radius 2 is 1.58 bits per heavy atom. The molecule has 0 aromatic heterocycles. The molecule has 0 radical (unpaired) electrons. The van der Waals surface area contributed by atoms with Crippen molar-refractivity contribution in [3.63, 3.8) is 0 Å². The van der Waals surface area contributed by atoms with Gasteiger partial charge in [0.15, 0.2) is 11.5 Å². The number of ether oxygens (including phenoxy) is 2. The maximum atomic E-state index is 13.1. The van der Waals surface area contributed by atoms with Crippen LogP contribution in [0.5, 0.6) is 11.5 Å². The van der Waals surface area contributed by atoms with Crippen molar-refractivity contribution in [1.82, 2.24) is 5.32 Å². The summed E-state index contributed by atoms with van der Waals surface area (Å²) in [6, 6.07) is 9.67. The number of nitrogens with one attached hydrogen (secondary N) is 1. The number of urea groups is 1. The van der Waals surface area contributed by atoms with Gasteiger partial charge in [-0.05, 0) is 61.7 Å². The molecule has 4 amide bonds. The molecule has 0 bridgehead atoms. The molecular formula is C23H23BrN2O5. The first kappa shape index (κ1) is 22.6. The first-order valence-electron chi connectivity index (χ1n) is 9.99. The second-order valence-corrected chi connectivity index (χ2v) is 7.52. The lowest BCUT2D eigenvalue weighted by molar-refractivity contribution is -0.122. The highest BCUT2D eigenvalue weighted by Crippen LogP contribution is 2.35. The number of rotatable bonds is 7. The fourth-order valence-corrected chi connectivity index (χ4v) is 3.56. The number of carbonyl (C=O) groups excluding carboxylic acids is 3. The zero-order valence-electron chi connectivity index (χ0n) is 17.5. The average Bonchev–Trinajstić information content (AvgIpc) is 2.74. The van der Waals surface area contributed by atoms with Crippen LogP contribution in [0.4, 0.5) is 10.5 Å². The van der Waals surface area contributed by atoms with Gasteiger partial charge in [-0.15, -0.1) is 0 Å². The van der Waals surface area contributed by atoms with Gasteiger partial charge in [0.2, 0.25) is 0 Å². The highest BCUT2D eigenvalue weighted by Gasteiger charge is 2.37. The number of hydrogen-bond acceptors (Lipinski definition) is 5. The highest BCUT2D eigenvalue weighted by atomic mass is 79.9. The van der Waals surface area contributed by atoms with Gasteiger partial charge in [-0.3, -0.25) is 14.9 Å². The van der Waals surface area contributed by atoms with Crippen LogP contribution in [-0.4, -0.2) is 31.1 Å². The molecule has 0 spiro atoms. The minimum Gasteiger partial charge on any atom is -0.490 e. The second-order valence-electron chi connectivity index (χ2n) is 6.66. The van der Waals surface area contributed by atoms with E-state index in [0.717, 1.165) is 16.9 Å². The summed E-state index contributed by atoms with van der Waals surface area (Å²) in [5.74, 6) is -0.413. The third-order valence-corrected chi connectivity index (χ3v) is 5.35. The van der Waals surface area contributed by atoms with Gasteiger partial charge in [-0.2, -0.15) is 0 Å². The molecule has 0 unspecified atom stereocenters. The Morgan fingerprint density at radius 1 is 0.968 bits per heavy atom. The molecule has 1 heterocycles. The topological polar surface area (TPSA) is 84.9 Å². The first-order chi connectivity index (χ1) is 14.9. The average molecular weight is 487 g/mol. The minimum atomic E-state index is -0.780. The van der Waals surface area contributed by atoms with Gasteiger partial charge in [-0.25, -0.2) is 9.69 Å². The third kappa shape index (κ3) is 4.80. The lowest BCUT2D eigenvalue weighted by Gasteiger charge is -2.26. The molecule has 1 N–H and O–H groups in total. The van der Waals surface area contributed by atoms with E-state index in [9.17, 15) is 14.4 Å². The van der Waals surface area contributed by atoms with Crippen molar-refractivity contribution in [1.29, 1.82) is 0 Å². The molecule has 0 aliphatic carbocycles. The highest BCUT2D eigenvalue weighted by molar-refractivity contribution is 9.10. The number of amides is 4. The molecule has 3 rings (SSSR count). The monoisotopic (exact) mass is 486 g/mol. The van der Waals surface area contributed by atoms with Gasteiger partial charge in [0, 0.05) is 4.47 Å². The summed E-state index contributed by atoms with van der Waals surface area (Å²) in [6.07, 6.45) is 2.26. The van der Waals surface area contributed by atoms with Crippen LogP contribution < -0.4 is 19.7 Å². The number of halogens is 1. The fourth-order valence-electron chi connectivity index (χ4n) is 3.13. The second kappa shape index (κ2) is 9.78. The molecule has 1 aliphatic rings. The molecule has 0 atom stereocenters. The van der Waals surface area contributed by atoms with Crippen LogP contribution in [0.25, 0.3) is 6.08 Å². The maximum Gasteiger partial charge on any atom is 0.335 e. The normalized spacial score (nSPS) is 15.3. The summed E-state index contributed by atoms with van der Waals surface area (Å²) < 4.78 is 11.8. The van der Waals surface area contributed by atoms with E-state index in [0.29, 0.717) is 40.4 Å². The van der Waals surface area contributed by atoms with E-state index in [4.69, 9.17) is 9.47 Å². The minimum absolute atomic E-state index is 0.161. The van der Waals surface area contributed by atoms with Crippen LogP contribution in [0.2, 0.25) is 0 Å². The molecule has 8 heteroatoms. The van der Waals surface area contributed by atoms with E-state index >= 15 is 0 Å². The summed E-state index contributed by atoms with van der Waals surface area (Å²) in [5, 5.41) is 2.24. The van der Waals surface area contributed by atoms with E-state index in [1.807, 2.05) is 32.9 Å². The van der Waals surface area contributed by atoms with E-state index in [1.165, 1.54) is 6.08 Å². The molecule has 1 fully saturated rings. The van der Waals surface area contributed by atoms with E-state index in [-0.39, 0.29) is 5.57 Å². The Bertz CT molecular complexity index is 1050. The Kier molecular flexibility index (Phi) is 7.12. The smallest absolute Gasteiger partial charge is 0.335 e. The zero-order valence-corrected chi connectivity index (χ0v) is 19.1. The lowest BCUT2D eigenvalue weighted by Crippen LogP contribution is -2.54. The quantitative estimate of drug-likeness (QED) is 0.460. The summed E-state index contributed by atoms with van der Waals surface area (Å²) in [6.45, 7) is 6.61. The molecule has 2 aromatic rings. The van der Waals surface area contributed by atoms with E-state index in [1.54, 1.807) is 24.3 Å². The molecule has 31 heavy (non-hydrogen) atoms. The van der Waals surface area contributed by atoms with Gasteiger partial charge in [0.05, 0.1) is 18.9 Å². The van der Waals surface area contributed by atoms with Crippen LogP contribution >= 0.6 is 15.9 Å². The largest absolute Gasteiger partial charge is 0.490 e. The molecule has 2 aromatic carbocycles. The van der Waals surface area contributed by atoms with Gasteiger partial charge < -0.3 is 9.47 Å². The van der Waals surface area contributed by atoms with Crippen LogP contribution in [0.1, 0.15) is 31.9 Å². The Balaban J connectivity index is 2.02. The standard InChI is InChI=1S/C23H23BrN2O5/c1-4-14-7-9-16(10-8-14)26-22(28)17(21(27)25-23(26)29)11-15-12-19(30-5-2)20(31-6-3)13-18(15)24/h7-13H,4-6H2,1-3H3,(H,25,27,29)/b17-11-. The number of benzene rings is 2. The summed E-state index contributed by atoms with van der Waals surface area (Å²) in [5.41, 5.74) is 1.84. The number of imide groups is 2. The van der Waals surface area contributed by atoms with Crippen molar-refractivity contribution in [2.24, 2.45) is 0 Å². The summed E-state index contributed by atoms with van der Waals surface area (Å²) in [4.78, 5) is 38.9. The predicted octanol–water partition coefficient (Wildman–Crippen LogP) is 4.48. The number of anilines is 1. The van der Waals surface area contributed by atoms with Crippen LogP contribution in [-0.2, 0) is 16.0 Å². The van der Waals surface area contributed by atoms with Crippen molar-refractivity contribution in [2.75, 3.05) is 18.1 Å². The molecular weight excluding hydrogens is 464 g/mol. The van der Waals surface area contributed by atoms with Crippen LogP contribution in [0, 0.1) is 0 Å². The van der Waals surface area contributed by atoms with Crippen molar-refractivity contribution >= 4 is 45.5 Å². The Hall–Kier alpha value is -3.13. The zero-order chi connectivity index (χ0) is 22.5. The first-order valence-corrected chi connectivity index (χ1v) is 10.8. The van der Waals surface area contributed by atoms with Crippen LogP contribution in [0.15, 0.2) is 46.4 Å². The van der Waals surface area contributed by atoms with Gasteiger partial charge in [0.25, 0.3) is 11.8 Å². The molecule has 7 nitrogen and oxygen atoms in total. The van der Waals surface area contributed by atoms with Crippen molar-refractivity contribution in [2.45, 2.75) is 27.2 Å². The number of carbonyl (C=O) groups is 3. The Labute approximate surface area is 189 Å². The van der Waals surface area contributed by atoms with Gasteiger partial charge in [0.1, 0.15) is 5.57 Å². The van der Waals surface area contributed by atoms with Crippen LogP contribution in [0.3, 0.4) is 0 Å². The fraction of sp³-hybridized carbons (Fsp3) is 0.261. The number of aryl methyl sites for hydroxylation is 1. The molecule has 1 saturated heterocycles. The number of barbiturate groups is 1. The maximum absolute atomic E-state index is 13.1. The van der Waals surface area contributed by atoms with Gasteiger partial charge >= 0.3 is 6.03 Å². The van der Waals surface area contributed by atoms with Crippen molar-refractivity contribution in [3.05, 3.63) is 57.6 Å². The Morgan fingerprint density at radius 3 is 2.16 bits per heavy atom. The summed E-state index contributed by atoms with van der Waals surface area (Å²) in [7, 11) is 0. The number of hydrogen-bond donors (Lipinski definition) is 1. The lowest BCUT2D eigenvalue weighted by atomic mass is 10.1. The van der Waals surface area contributed by atoms with Crippen molar-refractivity contribution < 1.29 is 23.9 Å².